The maximum absolute atomic E-state index is 12.9. The lowest BCUT2D eigenvalue weighted by Crippen LogP contribution is -2.36. The van der Waals surface area contributed by atoms with Crippen molar-refractivity contribution in [3.63, 3.8) is 0 Å². The summed E-state index contributed by atoms with van der Waals surface area (Å²) in [7, 11) is -1.79. The fourth-order valence-electron chi connectivity index (χ4n) is 3.50. The molecule has 0 saturated carbocycles. The second kappa shape index (κ2) is 13.0. The summed E-state index contributed by atoms with van der Waals surface area (Å²) >= 11 is 0. The zero-order chi connectivity index (χ0) is 22.1. The van der Waals surface area contributed by atoms with Crippen molar-refractivity contribution in [1.29, 1.82) is 0 Å². The molecular formula is C23H33IN4O3S. The standard InChI is InChI=1S/C23H32N4O3S.HI/c1-3-24-23(25-17-19-10-12-21(30-2)13-11-19)26-18-20-8-7-9-22(16-20)31(28,29)27-14-5-4-6-15-27;/h7-13,16H,3-6,14-15,17-18H2,1-2H3,(H2,24,25,26);1H. The van der Waals surface area contributed by atoms with E-state index in [1.807, 2.05) is 37.3 Å². The van der Waals surface area contributed by atoms with Gasteiger partial charge in [0.1, 0.15) is 5.75 Å². The number of piperidine rings is 1. The third-order valence-corrected chi connectivity index (χ3v) is 7.13. The molecule has 0 bridgehead atoms. The summed E-state index contributed by atoms with van der Waals surface area (Å²) in [5.41, 5.74) is 1.97. The van der Waals surface area contributed by atoms with Crippen molar-refractivity contribution in [2.75, 3.05) is 26.7 Å². The number of halogens is 1. The monoisotopic (exact) mass is 572 g/mol. The van der Waals surface area contributed by atoms with Crippen LogP contribution in [0.1, 0.15) is 37.3 Å². The van der Waals surface area contributed by atoms with E-state index in [1.54, 1.807) is 29.6 Å². The van der Waals surface area contributed by atoms with Crippen molar-refractivity contribution in [3.05, 3.63) is 59.7 Å². The van der Waals surface area contributed by atoms with Crippen LogP contribution in [0.15, 0.2) is 58.4 Å². The van der Waals surface area contributed by atoms with Gasteiger partial charge >= 0.3 is 0 Å². The first-order valence-electron chi connectivity index (χ1n) is 10.8. The van der Waals surface area contributed by atoms with Crippen LogP contribution in [0.4, 0.5) is 0 Å². The molecule has 0 aliphatic carbocycles. The Kier molecular flexibility index (Phi) is 10.7. The molecule has 1 aliphatic heterocycles. The fourth-order valence-corrected chi connectivity index (χ4v) is 5.09. The largest absolute Gasteiger partial charge is 0.497 e. The number of guanidine groups is 1. The Morgan fingerprint density at radius 2 is 1.75 bits per heavy atom. The van der Waals surface area contributed by atoms with Crippen molar-refractivity contribution in [3.8, 4) is 5.75 Å². The van der Waals surface area contributed by atoms with Crippen LogP contribution in [0.5, 0.6) is 5.75 Å². The number of benzene rings is 2. The highest BCUT2D eigenvalue weighted by Gasteiger charge is 2.25. The molecule has 1 saturated heterocycles. The number of methoxy groups -OCH3 is 1. The highest BCUT2D eigenvalue weighted by atomic mass is 127. The zero-order valence-electron chi connectivity index (χ0n) is 18.7. The summed E-state index contributed by atoms with van der Waals surface area (Å²) in [6.07, 6.45) is 2.95. The molecule has 1 aliphatic rings. The van der Waals surface area contributed by atoms with Gasteiger partial charge in [0.05, 0.1) is 18.6 Å². The molecule has 7 nitrogen and oxygen atoms in total. The molecule has 0 unspecified atom stereocenters. The Morgan fingerprint density at radius 3 is 2.41 bits per heavy atom. The second-order valence-electron chi connectivity index (χ2n) is 7.51. The number of nitrogens with zero attached hydrogens (tertiary/aromatic N) is 2. The lowest BCUT2D eigenvalue weighted by atomic mass is 10.2. The number of aliphatic imine (C=N–C) groups is 1. The predicted octanol–water partition coefficient (Wildman–Crippen LogP) is 3.74. The molecule has 2 N–H and O–H groups in total. The Balaban J connectivity index is 0.00000363. The smallest absolute Gasteiger partial charge is 0.243 e. The quantitative estimate of drug-likeness (QED) is 0.286. The van der Waals surface area contributed by atoms with Gasteiger partial charge in [-0.1, -0.05) is 30.7 Å². The topological polar surface area (TPSA) is 83.0 Å². The fraction of sp³-hybridized carbons (Fsp3) is 0.435. The van der Waals surface area contributed by atoms with Gasteiger partial charge in [0.15, 0.2) is 5.96 Å². The van der Waals surface area contributed by atoms with Gasteiger partial charge in [-0.3, -0.25) is 0 Å². The molecule has 0 spiro atoms. The van der Waals surface area contributed by atoms with Gasteiger partial charge in [0.25, 0.3) is 0 Å². The summed E-state index contributed by atoms with van der Waals surface area (Å²) in [6, 6.07) is 15.0. The Bertz CT molecular complexity index is 975. The van der Waals surface area contributed by atoms with Crippen molar-refractivity contribution >= 4 is 40.0 Å². The molecule has 3 rings (SSSR count). The second-order valence-corrected chi connectivity index (χ2v) is 9.45. The SMILES string of the molecule is CCNC(=NCc1cccc(S(=O)(=O)N2CCCCC2)c1)NCc1ccc(OC)cc1.I. The number of ether oxygens (including phenoxy) is 1. The number of nitrogens with one attached hydrogen (secondary N) is 2. The van der Waals surface area contributed by atoms with E-state index in [4.69, 9.17) is 4.74 Å². The van der Waals surface area contributed by atoms with E-state index in [-0.39, 0.29) is 24.0 Å². The summed E-state index contributed by atoms with van der Waals surface area (Å²) in [4.78, 5) is 4.98. The lowest BCUT2D eigenvalue weighted by Gasteiger charge is -2.26. The summed E-state index contributed by atoms with van der Waals surface area (Å²) in [5.74, 6) is 1.51. The molecular weight excluding hydrogens is 539 g/mol. The Morgan fingerprint density at radius 1 is 1.03 bits per heavy atom. The molecule has 2 aromatic rings. The van der Waals surface area contributed by atoms with Gasteiger partial charge in [-0.25, -0.2) is 13.4 Å². The van der Waals surface area contributed by atoms with Crippen molar-refractivity contribution in [2.24, 2.45) is 4.99 Å². The van der Waals surface area contributed by atoms with Gasteiger partial charge in [-0.2, -0.15) is 4.31 Å². The molecule has 0 radical (unpaired) electrons. The van der Waals surface area contributed by atoms with E-state index in [0.29, 0.717) is 37.0 Å². The van der Waals surface area contributed by atoms with Crippen molar-refractivity contribution in [2.45, 2.75) is 44.2 Å². The average Bonchev–Trinajstić information content (AvgIpc) is 2.82. The number of rotatable bonds is 8. The van der Waals surface area contributed by atoms with E-state index in [9.17, 15) is 8.42 Å². The highest BCUT2D eigenvalue weighted by Crippen LogP contribution is 2.21. The van der Waals surface area contributed by atoms with Crippen LogP contribution in [0.25, 0.3) is 0 Å². The molecule has 2 aromatic carbocycles. The first kappa shape index (κ1) is 26.4. The van der Waals surface area contributed by atoms with E-state index >= 15 is 0 Å². The van der Waals surface area contributed by atoms with Crippen LogP contribution < -0.4 is 15.4 Å². The van der Waals surface area contributed by atoms with Crippen molar-refractivity contribution < 1.29 is 13.2 Å². The van der Waals surface area contributed by atoms with Gasteiger partial charge in [-0.05, 0) is 55.2 Å². The van der Waals surface area contributed by atoms with E-state index in [0.717, 1.165) is 42.7 Å². The van der Waals surface area contributed by atoms with Crippen LogP contribution in [0.3, 0.4) is 0 Å². The molecule has 0 atom stereocenters. The minimum absolute atomic E-state index is 0. The van der Waals surface area contributed by atoms with Crippen LogP contribution >= 0.6 is 24.0 Å². The lowest BCUT2D eigenvalue weighted by molar-refractivity contribution is 0.346. The number of hydrogen-bond donors (Lipinski definition) is 2. The third kappa shape index (κ3) is 7.35. The molecule has 176 valence electrons. The zero-order valence-corrected chi connectivity index (χ0v) is 21.9. The van der Waals surface area contributed by atoms with E-state index in [2.05, 4.69) is 15.6 Å². The number of sulfonamides is 1. The predicted molar refractivity (Wildman–Crippen MR) is 139 cm³/mol. The number of hydrogen-bond acceptors (Lipinski definition) is 4. The summed E-state index contributed by atoms with van der Waals surface area (Å²) in [6.45, 7) is 4.96. The van der Waals surface area contributed by atoms with Gasteiger partial charge in [0, 0.05) is 26.2 Å². The van der Waals surface area contributed by atoms with Gasteiger partial charge in [0.2, 0.25) is 10.0 Å². The molecule has 32 heavy (non-hydrogen) atoms. The molecule has 9 heteroatoms. The van der Waals surface area contributed by atoms with Crippen LogP contribution in [-0.2, 0) is 23.1 Å². The molecule has 1 heterocycles. The maximum atomic E-state index is 12.9. The van der Waals surface area contributed by atoms with Gasteiger partial charge < -0.3 is 15.4 Å². The molecule has 1 fully saturated rings. The molecule has 0 aromatic heterocycles. The Hall–Kier alpha value is -1.85. The maximum Gasteiger partial charge on any atom is 0.243 e. The molecule has 0 amide bonds. The summed E-state index contributed by atoms with van der Waals surface area (Å²) in [5, 5.41) is 6.54. The van der Waals surface area contributed by atoms with Crippen LogP contribution in [-0.4, -0.2) is 45.4 Å². The minimum atomic E-state index is -3.44. The van der Waals surface area contributed by atoms with Crippen molar-refractivity contribution in [1.82, 2.24) is 14.9 Å². The van der Waals surface area contributed by atoms with Crippen LogP contribution in [0.2, 0.25) is 0 Å². The van der Waals surface area contributed by atoms with E-state index < -0.39 is 10.0 Å². The normalized spacial score (nSPS) is 15.0. The van der Waals surface area contributed by atoms with Crippen LogP contribution in [0, 0.1) is 0 Å². The minimum Gasteiger partial charge on any atom is -0.497 e. The average molecular weight is 573 g/mol. The summed E-state index contributed by atoms with van der Waals surface area (Å²) < 4.78 is 32.7. The highest BCUT2D eigenvalue weighted by molar-refractivity contribution is 14.0. The first-order valence-corrected chi connectivity index (χ1v) is 12.2. The van der Waals surface area contributed by atoms with Gasteiger partial charge in [-0.15, -0.1) is 24.0 Å². The van der Waals surface area contributed by atoms with E-state index in [1.165, 1.54) is 0 Å². The third-order valence-electron chi connectivity index (χ3n) is 5.23. The first-order chi connectivity index (χ1) is 15.0. The Labute approximate surface area is 208 Å².